The van der Waals surface area contributed by atoms with Crippen LogP contribution in [0.15, 0.2) is 54.6 Å². The predicted molar refractivity (Wildman–Crippen MR) is 217 cm³/mol. The zero-order valence-electron chi connectivity index (χ0n) is 33.8. The molecule has 2 aromatic carbocycles. The number of alkyl carbamates (subject to hydrolysis) is 1. The molecule has 2 saturated heterocycles. The predicted octanol–water partition coefficient (Wildman–Crippen LogP) is 5.63. The van der Waals surface area contributed by atoms with Crippen molar-refractivity contribution < 1.29 is 41.8 Å². The first kappa shape index (κ1) is 41.2. The highest BCUT2D eigenvalue weighted by molar-refractivity contribution is 7.91. The van der Waals surface area contributed by atoms with Crippen molar-refractivity contribution in [3.8, 4) is 22.8 Å². The number of benzene rings is 2. The van der Waals surface area contributed by atoms with E-state index < -0.39 is 62.8 Å². The molecule has 1 aromatic heterocycles. The van der Waals surface area contributed by atoms with Gasteiger partial charge in [-0.25, -0.2) is 18.2 Å². The zero-order chi connectivity index (χ0) is 41.2. The van der Waals surface area contributed by atoms with Crippen LogP contribution in [0.5, 0.6) is 11.5 Å². The van der Waals surface area contributed by atoms with Crippen molar-refractivity contribution in [3.05, 3.63) is 54.6 Å². The molecule has 2 saturated carbocycles. The number of hydrogen-bond donors (Lipinski definition) is 3. The number of ether oxygens (including phenoxy) is 3. The van der Waals surface area contributed by atoms with Gasteiger partial charge in [-0.2, -0.15) is 0 Å². The summed E-state index contributed by atoms with van der Waals surface area (Å²) in [5.74, 6) is -0.928. The van der Waals surface area contributed by atoms with Gasteiger partial charge in [0.1, 0.15) is 35.2 Å². The fourth-order valence-electron chi connectivity index (χ4n) is 8.06. The van der Waals surface area contributed by atoms with Gasteiger partial charge in [-0.05, 0) is 55.6 Å². The minimum atomic E-state index is -3.88. The maximum absolute atomic E-state index is 14.7. The smallest absolute Gasteiger partial charge is 0.407 e. The van der Waals surface area contributed by atoms with Gasteiger partial charge in [0.25, 0.3) is 5.91 Å². The van der Waals surface area contributed by atoms with E-state index in [4.69, 9.17) is 19.2 Å². The van der Waals surface area contributed by atoms with Gasteiger partial charge in [0.15, 0.2) is 0 Å². The van der Waals surface area contributed by atoms with Crippen LogP contribution in [0.4, 0.5) is 4.79 Å². The van der Waals surface area contributed by atoms with Crippen molar-refractivity contribution in [3.63, 3.8) is 0 Å². The summed E-state index contributed by atoms with van der Waals surface area (Å²) >= 11 is 0. The summed E-state index contributed by atoms with van der Waals surface area (Å²) in [5.41, 5.74) is 0.431. The number of nitrogens with one attached hydrogen (secondary N) is 3. The Morgan fingerprint density at radius 2 is 1.69 bits per heavy atom. The Bertz CT molecular complexity index is 2140. The van der Waals surface area contributed by atoms with Gasteiger partial charge in [0.05, 0.1) is 36.7 Å². The van der Waals surface area contributed by atoms with Crippen LogP contribution in [0, 0.1) is 11.3 Å². The van der Waals surface area contributed by atoms with Crippen molar-refractivity contribution in [2.75, 3.05) is 20.3 Å². The Morgan fingerprint density at radius 3 is 2.40 bits per heavy atom. The molecule has 4 aliphatic rings. The summed E-state index contributed by atoms with van der Waals surface area (Å²) in [4.78, 5) is 62.6. The first-order chi connectivity index (χ1) is 27.7. The topological polar surface area (TPSA) is 182 Å². The Kier molecular flexibility index (Phi) is 11.9. The van der Waals surface area contributed by atoms with E-state index in [9.17, 15) is 27.6 Å². The lowest BCUT2D eigenvalue weighted by Gasteiger charge is -2.30. The number of amides is 4. The Hall–Kier alpha value is -4.92. The number of fused-ring (bicyclic) bond motifs is 3. The summed E-state index contributed by atoms with van der Waals surface area (Å²) in [6.07, 6.45) is 4.93. The van der Waals surface area contributed by atoms with Crippen LogP contribution in [-0.4, -0.2) is 91.4 Å². The van der Waals surface area contributed by atoms with Crippen LogP contribution in [0.1, 0.15) is 91.4 Å². The summed E-state index contributed by atoms with van der Waals surface area (Å²) in [6, 6.07) is 14.9. The van der Waals surface area contributed by atoms with Crippen LogP contribution in [0.3, 0.4) is 0 Å². The highest BCUT2D eigenvalue weighted by Crippen LogP contribution is 2.48. The summed E-state index contributed by atoms with van der Waals surface area (Å²) in [6.45, 7) is 5.96. The summed E-state index contributed by atoms with van der Waals surface area (Å²) in [7, 11) is -2.30. The first-order valence-corrected chi connectivity index (χ1v) is 22.0. The molecule has 7 rings (SSSR count). The molecule has 3 N–H and O–H groups in total. The minimum Gasteiger partial charge on any atom is -0.497 e. The molecule has 0 spiro atoms. The van der Waals surface area contributed by atoms with Crippen molar-refractivity contribution in [2.45, 2.75) is 120 Å². The number of aromatic nitrogens is 1. The standard InChI is InChI=1S/C43H55N5O9S/c1-42(2,3)26-56-41(52)45-33-16-12-7-5-6-11-15-28-24-43(28,40(51)47-58(53,54)31-18-19-31)46-38(49)36-22-30(25-48(36)39(33)50)57-37-23-34(27-13-9-8-10-14-27)44-35-21-29(55-4)17-20-32(35)37/h8-10,13-14,17,20-21,23,28,30-31,33,36H,5-7,11-12,15-16,18-19,22,24-26H2,1-4H3,(H,45,52)(H,46,49)(H,47,51)/t28?,30-,33+,36+,43-/m1/s1. The molecule has 14 nitrogen and oxygen atoms in total. The van der Waals surface area contributed by atoms with Crippen molar-refractivity contribution in [2.24, 2.45) is 11.3 Å². The van der Waals surface area contributed by atoms with E-state index in [1.165, 1.54) is 4.90 Å². The summed E-state index contributed by atoms with van der Waals surface area (Å²) < 4.78 is 45.9. The Morgan fingerprint density at radius 1 is 0.966 bits per heavy atom. The molecule has 4 fully saturated rings. The Balaban J connectivity index is 1.21. The highest BCUT2D eigenvalue weighted by Gasteiger charge is 2.62. The molecule has 58 heavy (non-hydrogen) atoms. The number of hydrogen-bond acceptors (Lipinski definition) is 10. The van der Waals surface area contributed by atoms with Gasteiger partial charge in [-0.3, -0.25) is 19.1 Å². The SMILES string of the molecule is COc1ccc2c(O[C@@H]3C[C@H]4C(=O)N[C@]5(C(=O)NS(=O)(=O)C6CC6)CC5CCCCCCC[C@H](NC(=O)OCC(C)(C)C)C(=O)N4C3)cc(-c3ccccc3)nc2c1. The number of methoxy groups -OCH3 is 1. The largest absolute Gasteiger partial charge is 0.497 e. The molecule has 15 heteroatoms. The molecule has 4 amide bonds. The maximum Gasteiger partial charge on any atom is 0.407 e. The number of sulfonamides is 1. The van der Waals surface area contributed by atoms with Crippen LogP contribution >= 0.6 is 0 Å². The molecular weight excluding hydrogens is 763 g/mol. The second-order valence-electron chi connectivity index (χ2n) is 17.5. The molecule has 5 atom stereocenters. The van der Waals surface area contributed by atoms with Crippen LogP contribution in [-0.2, 0) is 29.1 Å². The lowest BCUT2D eigenvalue weighted by atomic mass is 9.99. The summed E-state index contributed by atoms with van der Waals surface area (Å²) in [5, 5.41) is 5.84. The number of carbonyl (C=O) groups excluding carboxylic acids is 4. The number of nitrogens with zero attached hydrogens (tertiary/aromatic N) is 2. The van der Waals surface area contributed by atoms with Crippen molar-refractivity contribution in [1.82, 2.24) is 25.2 Å². The van der Waals surface area contributed by atoms with Gasteiger partial charge in [0, 0.05) is 29.5 Å². The normalized spacial score (nSPS) is 25.6. The van der Waals surface area contributed by atoms with Crippen LogP contribution in [0.2, 0.25) is 0 Å². The monoisotopic (exact) mass is 817 g/mol. The van der Waals surface area contributed by atoms with Gasteiger partial charge in [-0.15, -0.1) is 0 Å². The first-order valence-electron chi connectivity index (χ1n) is 20.5. The van der Waals surface area contributed by atoms with E-state index in [1.807, 2.05) is 75.4 Å². The lowest BCUT2D eigenvalue weighted by Crippen LogP contribution is -2.58. The van der Waals surface area contributed by atoms with E-state index in [1.54, 1.807) is 7.11 Å². The molecule has 0 bridgehead atoms. The number of carbonyl (C=O) groups is 4. The molecule has 3 heterocycles. The maximum atomic E-state index is 14.7. The average Bonchev–Trinajstić information content (AvgIpc) is 4.12. The van der Waals surface area contributed by atoms with Crippen LogP contribution < -0.4 is 24.8 Å². The van der Waals surface area contributed by atoms with Gasteiger partial charge in [0.2, 0.25) is 21.8 Å². The molecule has 0 radical (unpaired) electrons. The molecular formula is C43H55N5O9S. The van der Waals surface area contributed by atoms with E-state index in [0.717, 1.165) is 31.2 Å². The second kappa shape index (κ2) is 16.7. The molecule has 1 unspecified atom stereocenters. The van der Waals surface area contributed by atoms with E-state index in [-0.39, 0.29) is 30.9 Å². The number of rotatable bonds is 9. The molecule has 312 valence electrons. The quantitative estimate of drug-likeness (QED) is 0.245. The second-order valence-corrected chi connectivity index (χ2v) is 19.4. The van der Waals surface area contributed by atoms with E-state index >= 15 is 0 Å². The molecule has 2 aliphatic heterocycles. The van der Waals surface area contributed by atoms with E-state index in [2.05, 4.69) is 15.4 Å². The molecule has 2 aliphatic carbocycles. The lowest BCUT2D eigenvalue weighted by molar-refractivity contribution is -0.141. The zero-order valence-corrected chi connectivity index (χ0v) is 34.6. The highest BCUT2D eigenvalue weighted by atomic mass is 32.2. The fraction of sp³-hybridized carbons (Fsp3) is 0.558. The fourth-order valence-corrected chi connectivity index (χ4v) is 9.42. The minimum absolute atomic E-state index is 0.00542. The van der Waals surface area contributed by atoms with Crippen molar-refractivity contribution >= 4 is 44.7 Å². The van der Waals surface area contributed by atoms with Gasteiger partial charge >= 0.3 is 6.09 Å². The third kappa shape index (κ3) is 9.51. The molecule has 3 aromatic rings. The third-order valence-corrected chi connectivity index (χ3v) is 13.3. The average molecular weight is 818 g/mol. The number of pyridine rings is 1. The van der Waals surface area contributed by atoms with Crippen molar-refractivity contribution in [1.29, 1.82) is 0 Å². The third-order valence-electron chi connectivity index (χ3n) is 11.5. The van der Waals surface area contributed by atoms with Gasteiger partial charge < -0.3 is 29.7 Å². The van der Waals surface area contributed by atoms with Crippen LogP contribution in [0.25, 0.3) is 22.2 Å². The van der Waals surface area contributed by atoms with Gasteiger partial charge in [-0.1, -0.05) is 83.2 Å². The van der Waals surface area contributed by atoms with E-state index in [0.29, 0.717) is 66.6 Å². The Labute approximate surface area is 340 Å².